The van der Waals surface area contributed by atoms with Gasteiger partial charge < -0.3 is 10.1 Å². The lowest BCUT2D eigenvalue weighted by atomic mass is 10.0. The van der Waals surface area contributed by atoms with Crippen molar-refractivity contribution >= 4 is 11.7 Å². The summed E-state index contributed by atoms with van der Waals surface area (Å²) < 4.78 is 5.51. The smallest absolute Gasteiger partial charge is 0.258 e. The van der Waals surface area contributed by atoms with E-state index >= 15 is 0 Å². The molecule has 3 aromatic rings. The second-order valence-corrected chi connectivity index (χ2v) is 6.65. The molecule has 0 bridgehead atoms. The summed E-state index contributed by atoms with van der Waals surface area (Å²) >= 11 is 0. The Hall–Kier alpha value is -3.40. The lowest BCUT2D eigenvalue weighted by Crippen LogP contribution is -2.31. The van der Waals surface area contributed by atoms with Crippen LogP contribution in [-0.2, 0) is 4.79 Å². The third kappa shape index (κ3) is 5.07. The van der Waals surface area contributed by atoms with Crippen LogP contribution in [0.25, 0.3) is 11.1 Å². The highest BCUT2D eigenvalue weighted by Gasteiger charge is 2.11. The van der Waals surface area contributed by atoms with Crippen molar-refractivity contribution in [3.05, 3.63) is 90.0 Å². The van der Waals surface area contributed by atoms with Crippen LogP contribution in [0.1, 0.15) is 35.8 Å². The predicted octanol–water partition coefficient (Wildman–Crippen LogP) is 4.81. The number of rotatable bonds is 7. The number of ether oxygens (including phenoxy) is 1. The maximum absolute atomic E-state index is 12.2. The molecule has 0 heterocycles. The Balaban J connectivity index is 1.55. The van der Waals surface area contributed by atoms with Crippen LogP contribution in [-0.4, -0.2) is 18.3 Å². The standard InChI is InChI=1S/C24H23NO3/c1-17(19-11-13-21(14-12-19)20-7-4-3-5-8-20)25-24(27)16-28-23-10-6-9-22(15-23)18(2)26/h3-15,17H,16H2,1-2H3,(H,25,27). The molecule has 3 aromatic carbocycles. The lowest BCUT2D eigenvalue weighted by Gasteiger charge is -2.15. The molecule has 4 heteroatoms. The first kappa shape index (κ1) is 19.4. The Morgan fingerprint density at radius 3 is 2.25 bits per heavy atom. The van der Waals surface area contributed by atoms with E-state index in [-0.39, 0.29) is 24.3 Å². The molecule has 0 aliphatic carbocycles. The lowest BCUT2D eigenvalue weighted by molar-refractivity contribution is -0.123. The number of hydrogen-bond acceptors (Lipinski definition) is 3. The van der Waals surface area contributed by atoms with Gasteiger partial charge in [-0.3, -0.25) is 9.59 Å². The first-order valence-electron chi connectivity index (χ1n) is 9.21. The summed E-state index contributed by atoms with van der Waals surface area (Å²) in [6, 6.07) is 25.0. The van der Waals surface area contributed by atoms with Gasteiger partial charge in [0.15, 0.2) is 12.4 Å². The normalized spacial score (nSPS) is 11.5. The summed E-state index contributed by atoms with van der Waals surface area (Å²) in [5.74, 6) is 0.248. The summed E-state index contributed by atoms with van der Waals surface area (Å²) in [5, 5.41) is 2.93. The molecule has 0 aromatic heterocycles. The summed E-state index contributed by atoms with van der Waals surface area (Å²) in [5.41, 5.74) is 3.87. The van der Waals surface area contributed by atoms with Gasteiger partial charge in [0.1, 0.15) is 5.75 Å². The highest BCUT2D eigenvalue weighted by molar-refractivity contribution is 5.94. The summed E-state index contributed by atoms with van der Waals surface area (Å²) in [4.78, 5) is 23.6. The molecule has 1 amide bonds. The first-order chi connectivity index (χ1) is 13.5. The Labute approximate surface area is 165 Å². The fourth-order valence-corrected chi connectivity index (χ4v) is 2.92. The van der Waals surface area contributed by atoms with Crippen LogP contribution in [0.5, 0.6) is 5.75 Å². The van der Waals surface area contributed by atoms with Gasteiger partial charge in [-0.25, -0.2) is 0 Å². The van der Waals surface area contributed by atoms with E-state index in [0.717, 1.165) is 16.7 Å². The third-order valence-electron chi connectivity index (χ3n) is 4.51. The Bertz CT molecular complexity index is 949. The van der Waals surface area contributed by atoms with E-state index in [1.54, 1.807) is 24.3 Å². The fourth-order valence-electron chi connectivity index (χ4n) is 2.92. The van der Waals surface area contributed by atoms with Crippen LogP contribution in [0.2, 0.25) is 0 Å². The van der Waals surface area contributed by atoms with Gasteiger partial charge in [-0.05, 0) is 42.7 Å². The summed E-state index contributed by atoms with van der Waals surface area (Å²) in [6.45, 7) is 3.33. The number of ketones is 1. The second kappa shape index (κ2) is 9.00. The monoisotopic (exact) mass is 373 g/mol. The zero-order valence-corrected chi connectivity index (χ0v) is 16.0. The van der Waals surface area contributed by atoms with E-state index in [4.69, 9.17) is 4.74 Å². The number of hydrogen-bond donors (Lipinski definition) is 1. The first-order valence-corrected chi connectivity index (χ1v) is 9.21. The van der Waals surface area contributed by atoms with Crippen molar-refractivity contribution in [1.82, 2.24) is 5.32 Å². The SMILES string of the molecule is CC(=O)c1cccc(OCC(=O)NC(C)c2ccc(-c3ccccc3)cc2)c1. The fraction of sp³-hybridized carbons (Fsp3) is 0.167. The van der Waals surface area contributed by atoms with E-state index in [1.165, 1.54) is 6.92 Å². The highest BCUT2D eigenvalue weighted by atomic mass is 16.5. The van der Waals surface area contributed by atoms with Gasteiger partial charge >= 0.3 is 0 Å². The number of Topliss-reactive ketones (excluding diaryl/α,β-unsaturated/α-hetero) is 1. The molecule has 1 atom stereocenters. The average molecular weight is 373 g/mol. The summed E-state index contributed by atoms with van der Waals surface area (Å²) in [6.07, 6.45) is 0. The number of nitrogens with one attached hydrogen (secondary N) is 1. The van der Waals surface area contributed by atoms with Gasteiger partial charge in [-0.15, -0.1) is 0 Å². The van der Waals surface area contributed by atoms with Crippen molar-refractivity contribution in [3.63, 3.8) is 0 Å². The Morgan fingerprint density at radius 2 is 1.57 bits per heavy atom. The number of carbonyl (C=O) groups is 2. The van der Waals surface area contributed by atoms with Crippen molar-refractivity contribution in [3.8, 4) is 16.9 Å². The topological polar surface area (TPSA) is 55.4 Å². The van der Waals surface area contributed by atoms with E-state index in [1.807, 2.05) is 37.3 Å². The maximum atomic E-state index is 12.2. The minimum atomic E-state index is -0.215. The largest absolute Gasteiger partial charge is 0.484 e. The zero-order chi connectivity index (χ0) is 19.9. The molecule has 0 aliphatic heterocycles. The van der Waals surface area contributed by atoms with Crippen molar-refractivity contribution in [2.45, 2.75) is 19.9 Å². The van der Waals surface area contributed by atoms with Crippen LogP contribution >= 0.6 is 0 Å². The van der Waals surface area contributed by atoms with E-state index in [0.29, 0.717) is 11.3 Å². The molecule has 0 radical (unpaired) electrons. The number of amides is 1. The molecule has 28 heavy (non-hydrogen) atoms. The molecule has 0 saturated heterocycles. The molecule has 1 N–H and O–H groups in total. The molecule has 4 nitrogen and oxygen atoms in total. The van der Waals surface area contributed by atoms with Crippen molar-refractivity contribution in [2.75, 3.05) is 6.61 Å². The van der Waals surface area contributed by atoms with Gasteiger partial charge in [-0.2, -0.15) is 0 Å². The van der Waals surface area contributed by atoms with Gasteiger partial charge in [0.25, 0.3) is 5.91 Å². The zero-order valence-electron chi connectivity index (χ0n) is 16.0. The Morgan fingerprint density at radius 1 is 0.893 bits per heavy atom. The number of benzene rings is 3. The van der Waals surface area contributed by atoms with E-state index in [9.17, 15) is 9.59 Å². The molecular weight excluding hydrogens is 350 g/mol. The van der Waals surface area contributed by atoms with Crippen LogP contribution in [0.15, 0.2) is 78.9 Å². The van der Waals surface area contributed by atoms with E-state index < -0.39 is 0 Å². The third-order valence-corrected chi connectivity index (χ3v) is 4.51. The maximum Gasteiger partial charge on any atom is 0.258 e. The molecule has 0 fully saturated rings. The van der Waals surface area contributed by atoms with Gasteiger partial charge in [-0.1, -0.05) is 66.7 Å². The average Bonchev–Trinajstić information content (AvgIpc) is 2.73. The quantitative estimate of drug-likeness (QED) is 0.605. The highest BCUT2D eigenvalue weighted by Crippen LogP contribution is 2.21. The van der Waals surface area contributed by atoms with E-state index in [2.05, 4.69) is 29.6 Å². The molecule has 0 saturated carbocycles. The van der Waals surface area contributed by atoms with Crippen LogP contribution in [0.3, 0.4) is 0 Å². The van der Waals surface area contributed by atoms with Crippen molar-refractivity contribution in [2.24, 2.45) is 0 Å². The van der Waals surface area contributed by atoms with Crippen molar-refractivity contribution < 1.29 is 14.3 Å². The molecule has 0 spiro atoms. The van der Waals surface area contributed by atoms with Gasteiger partial charge in [0.05, 0.1) is 6.04 Å². The van der Waals surface area contributed by atoms with Crippen LogP contribution in [0, 0.1) is 0 Å². The van der Waals surface area contributed by atoms with Crippen molar-refractivity contribution in [1.29, 1.82) is 0 Å². The minimum absolute atomic E-state index is 0.0394. The minimum Gasteiger partial charge on any atom is -0.484 e. The van der Waals surface area contributed by atoms with Gasteiger partial charge in [0.2, 0.25) is 0 Å². The molecular formula is C24H23NO3. The second-order valence-electron chi connectivity index (χ2n) is 6.65. The summed E-state index contributed by atoms with van der Waals surface area (Å²) in [7, 11) is 0. The molecule has 0 aliphatic rings. The van der Waals surface area contributed by atoms with Gasteiger partial charge in [0, 0.05) is 5.56 Å². The van der Waals surface area contributed by atoms with Crippen LogP contribution < -0.4 is 10.1 Å². The van der Waals surface area contributed by atoms with Crippen LogP contribution in [0.4, 0.5) is 0 Å². The predicted molar refractivity (Wildman–Crippen MR) is 110 cm³/mol. The Kier molecular flexibility index (Phi) is 6.22. The molecule has 1 unspecified atom stereocenters. The molecule has 142 valence electrons. The molecule has 3 rings (SSSR count). The number of carbonyl (C=O) groups excluding carboxylic acids is 2.